The van der Waals surface area contributed by atoms with Crippen molar-refractivity contribution >= 4 is 6.29 Å². The summed E-state index contributed by atoms with van der Waals surface area (Å²) in [7, 11) is 0. The number of carbonyl (C=O) groups excluding carboxylic acids is 1. The van der Waals surface area contributed by atoms with E-state index in [4.69, 9.17) is 0 Å². The number of aldehydes is 1. The van der Waals surface area contributed by atoms with Crippen molar-refractivity contribution in [3.63, 3.8) is 0 Å². The fourth-order valence-electron chi connectivity index (χ4n) is 2.43. The van der Waals surface area contributed by atoms with Crippen LogP contribution in [0.5, 0.6) is 0 Å². The van der Waals surface area contributed by atoms with E-state index in [9.17, 15) is 9.90 Å². The molecule has 0 aromatic rings. The maximum atomic E-state index is 10.4. The Balaban J connectivity index is 1.99. The van der Waals surface area contributed by atoms with Crippen molar-refractivity contribution in [1.82, 2.24) is 4.90 Å². The summed E-state index contributed by atoms with van der Waals surface area (Å²) in [5.41, 5.74) is -0.732. The SMILES string of the molecule is CC1CC(O)(CC=O)CN1C1CC1. The highest BCUT2D eigenvalue weighted by Crippen LogP contribution is 2.37. The molecule has 0 amide bonds. The molecule has 2 rings (SSSR count). The Kier molecular flexibility index (Phi) is 2.16. The molecule has 3 nitrogen and oxygen atoms in total. The number of hydrogen-bond donors (Lipinski definition) is 1. The minimum absolute atomic E-state index is 0.292. The maximum Gasteiger partial charge on any atom is 0.122 e. The molecule has 1 heterocycles. The maximum absolute atomic E-state index is 10.4. The van der Waals surface area contributed by atoms with Crippen LogP contribution in [0.15, 0.2) is 0 Å². The molecule has 0 radical (unpaired) electrons. The Morgan fingerprint density at radius 2 is 2.31 bits per heavy atom. The van der Waals surface area contributed by atoms with Crippen molar-refractivity contribution < 1.29 is 9.90 Å². The first-order valence-corrected chi connectivity index (χ1v) is 5.06. The summed E-state index contributed by atoms with van der Waals surface area (Å²) in [4.78, 5) is 12.7. The van der Waals surface area contributed by atoms with Crippen LogP contribution in [0.25, 0.3) is 0 Å². The van der Waals surface area contributed by atoms with Crippen LogP contribution in [0, 0.1) is 0 Å². The van der Waals surface area contributed by atoms with Gasteiger partial charge in [0.25, 0.3) is 0 Å². The normalized spacial score (nSPS) is 40.9. The molecule has 74 valence electrons. The van der Waals surface area contributed by atoms with Crippen LogP contribution in [0.3, 0.4) is 0 Å². The number of nitrogens with zero attached hydrogens (tertiary/aromatic N) is 1. The zero-order valence-corrected chi connectivity index (χ0v) is 8.07. The summed E-state index contributed by atoms with van der Waals surface area (Å²) in [6.45, 7) is 2.83. The van der Waals surface area contributed by atoms with Crippen LogP contribution >= 0.6 is 0 Å². The largest absolute Gasteiger partial charge is 0.388 e. The highest BCUT2D eigenvalue weighted by Gasteiger charge is 2.45. The fraction of sp³-hybridized carbons (Fsp3) is 0.900. The standard InChI is InChI=1S/C10H17NO2/c1-8-6-10(13,4-5-12)7-11(8)9-2-3-9/h5,8-9,13H,2-4,6-7H2,1H3. The van der Waals surface area contributed by atoms with Crippen molar-refractivity contribution in [2.45, 2.75) is 50.3 Å². The van der Waals surface area contributed by atoms with Gasteiger partial charge in [-0.25, -0.2) is 0 Å². The van der Waals surface area contributed by atoms with Crippen LogP contribution in [0.1, 0.15) is 32.6 Å². The van der Waals surface area contributed by atoms with Gasteiger partial charge in [0.05, 0.1) is 5.60 Å². The lowest BCUT2D eigenvalue weighted by Gasteiger charge is -2.21. The Morgan fingerprint density at radius 3 is 2.85 bits per heavy atom. The van der Waals surface area contributed by atoms with E-state index in [1.165, 1.54) is 12.8 Å². The second-order valence-corrected chi connectivity index (χ2v) is 4.55. The van der Waals surface area contributed by atoms with Crippen LogP contribution in [-0.2, 0) is 4.79 Å². The molecule has 0 spiro atoms. The van der Waals surface area contributed by atoms with Crippen LogP contribution in [-0.4, -0.2) is 40.5 Å². The van der Waals surface area contributed by atoms with Gasteiger partial charge in [0, 0.05) is 25.0 Å². The zero-order valence-electron chi connectivity index (χ0n) is 8.07. The van der Waals surface area contributed by atoms with Crippen molar-refractivity contribution in [3.05, 3.63) is 0 Å². The van der Waals surface area contributed by atoms with E-state index in [0.29, 0.717) is 25.0 Å². The molecule has 0 aromatic carbocycles. The number of hydrogen-bond acceptors (Lipinski definition) is 3. The Labute approximate surface area is 78.7 Å². The van der Waals surface area contributed by atoms with Gasteiger partial charge in [0.2, 0.25) is 0 Å². The van der Waals surface area contributed by atoms with Gasteiger partial charge in [-0.1, -0.05) is 0 Å². The van der Waals surface area contributed by atoms with E-state index in [2.05, 4.69) is 11.8 Å². The van der Waals surface area contributed by atoms with Crippen LogP contribution in [0.2, 0.25) is 0 Å². The fourth-order valence-corrected chi connectivity index (χ4v) is 2.43. The first kappa shape index (κ1) is 9.16. The molecule has 2 fully saturated rings. The number of β-amino-alcohol motifs (C(OH)–C–C–N with tert-alkyl or cyclic N) is 1. The van der Waals surface area contributed by atoms with Crippen molar-refractivity contribution in [3.8, 4) is 0 Å². The third kappa shape index (κ3) is 1.76. The third-order valence-electron chi connectivity index (χ3n) is 3.20. The number of likely N-dealkylation sites (tertiary alicyclic amines) is 1. The van der Waals surface area contributed by atoms with Gasteiger partial charge in [-0.3, -0.25) is 4.90 Å². The molecular weight excluding hydrogens is 166 g/mol. The minimum Gasteiger partial charge on any atom is -0.388 e. The predicted octanol–water partition coefficient (Wildman–Crippen LogP) is 0.563. The molecule has 1 aliphatic carbocycles. The van der Waals surface area contributed by atoms with Crippen molar-refractivity contribution in [1.29, 1.82) is 0 Å². The third-order valence-corrected chi connectivity index (χ3v) is 3.20. The van der Waals surface area contributed by atoms with E-state index in [1.54, 1.807) is 0 Å². The lowest BCUT2D eigenvalue weighted by molar-refractivity contribution is -0.111. The van der Waals surface area contributed by atoms with Gasteiger partial charge >= 0.3 is 0 Å². The lowest BCUT2D eigenvalue weighted by Crippen LogP contribution is -2.35. The quantitative estimate of drug-likeness (QED) is 0.650. The van der Waals surface area contributed by atoms with E-state index in [0.717, 1.165) is 12.7 Å². The number of rotatable bonds is 3. The molecule has 0 bridgehead atoms. The molecule has 1 N–H and O–H groups in total. The van der Waals surface area contributed by atoms with E-state index in [1.807, 2.05) is 0 Å². The molecule has 2 atom stereocenters. The first-order valence-electron chi connectivity index (χ1n) is 5.06. The molecule has 13 heavy (non-hydrogen) atoms. The lowest BCUT2D eigenvalue weighted by atomic mass is 9.98. The average Bonchev–Trinajstić information content (AvgIpc) is 2.79. The van der Waals surface area contributed by atoms with Crippen LogP contribution < -0.4 is 0 Å². The summed E-state index contributed by atoms with van der Waals surface area (Å²) in [6, 6.07) is 1.13. The monoisotopic (exact) mass is 183 g/mol. The Bertz CT molecular complexity index is 215. The topological polar surface area (TPSA) is 40.5 Å². The van der Waals surface area contributed by atoms with E-state index < -0.39 is 5.60 Å². The summed E-state index contributed by atoms with van der Waals surface area (Å²) in [5, 5.41) is 10.0. The summed E-state index contributed by atoms with van der Waals surface area (Å²) < 4.78 is 0. The van der Waals surface area contributed by atoms with Crippen molar-refractivity contribution in [2.75, 3.05) is 6.54 Å². The average molecular weight is 183 g/mol. The van der Waals surface area contributed by atoms with Gasteiger partial charge in [-0.2, -0.15) is 0 Å². The minimum atomic E-state index is -0.732. The number of carbonyl (C=O) groups is 1. The first-order chi connectivity index (χ1) is 6.14. The van der Waals surface area contributed by atoms with Gasteiger partial charge in [-0.05, 0) is 26.2 Å². The highest BCUT2D eigenvalue weighted by atomic mass is 16.3. The Morgan fingerprint density at radius 1 is 1.62 bits per heavy atom. The summed E-state index contributed by atoms with van der Waals surface area (Å²) in [6.07, 6.45) is 4.41. The highest BCUT2D eigenvalue weighted by molar-refractivity contribution is 5.51. The summed E-state index contributed by atoms with van der Waals surface area (Å²) in [5.74, 6) is 0. The van der Waals surface area contributed by atoms with E-state index >= 15 is 0 Å². The molecule has 1 aliphatic heterocycles. The molecule has 0 aromatic heterocycles. The number of aliphatic hydroxyl groups is 1. The van der Waals surface area contributed by atoms with Gasteiger partial charge in [-0.15, -0.1) is 0 Å². The zero-order chi connectivity index (χ0) is 9.47. The van der Waals surface area contributed by atoms with E-state index in [-0.39, 0.29) is 0 Å². The molecule has 3 heteroatoms. The molecule has 2 aliphatic rings. The smallest absolute Gasteiger partial charge is 0.122 e. The van der Waals surface area contributed by atoms with Gasteiger partial charge < -0.3 is 9.90 Å². The predicted molar refractivity (Wildman–Crippen MR) is 49.4 cm³/mol. The van der Waals surface area contributed by atoms with Crippen LogP contribution in [0.4, 0.5) is 0 Å². The molecular formula is C10H17NO2. The second-order valence-electron chi connectivity index (χ2n) is 4.55. The second kappa shape index (κ2) is 3.07. The molecule has 1 saturated heterocycles. The van der Waals surface area contributed by atoms with Gasteiger partial charge in [0.15, 0.2) is 0 Å². The van der Waals surface area contributed by atoms with Gasteiger partial charge in [0.1, 0.15) is 6.29 Å². The van der Waals surface area contributed by atoms with Crippen molar-refractivity contribution in [2.24, 2.45) is 0 Å². The molecule has 2 unspecified atom stereocenters. The summed E-state index contributed by atoms with van der Waals surface area (Å²) >= 11 is 0. The molecule has 1 saturated carbocycles. The Hall–Kier alpha value is -0.410.